The minimum Gasteiger partial charge on any atom is -0.497 e. The summed E-state index contributed by atoms with van der Waals surface area (Å²) < 4.78 is 41.7. The van der Waals surface area contributed by atoms with Crippen LogP contribution in [0.3, 0.4) is 0 Å². The Morgan fingerprint density at radius 2 is 1.70 bits per heavy atom. The third kappa shape index (κ3) is 6.31. The Morgan fingerprint density at radius 1 is 0.977 bits per heavy atom. The maximum atomic E-state index is 14.3. The van der Waals surface area contributed by atoms with Crippen molar-refractivity contribution in [3.05, 3.63) is 65.4 Å². The van der Waals surface area contributed by atoms with Crippen LogP contribution in [0.15, 0.2) is 53.6 Å². The molecule has 0 spiro atoms. The molecule has 1 aromatic heterocycles. The summed E-state index contributed by atoms with van der Waals surface area (Å²) in [5, 5.41) is 0. The lowest BCUT2D eigenvalue weighted by Crippen LogP contribution is -2.42. The van der Waals surface area contributed by atoms with Crippen LogP contribution in [-0.2, 0) is 16.4 Å². The van der Waals surface area contributed by atoms with Gasteiger partial charge in [-0.25, -0.2) is 13.4 Å². The average Bonchev–Trinajstić information content (AvgIpc) is 3.67. The number of likely N-dealkylation sites (tertiary alicyclic amines) is 1. The van der Waals surface area contributed by atoms with Crippen LogP contribution >= 0.6 is 0 Å². The van der Waals surface area contributed by atoms with Crippen LogP contribution in [0.25, 0.3) is 0 Å². The molecule has 0 unspecified atom stereocenters. The average molecular weight is 606 g/mol. The Balaban J connectivity index is 1.14. The Bertz CT molecular complexity index is 1510. The third-order valence-electron chi connectivity index (χ3n) is 9.19. The van der Waals surface area contributed by atoms with E-state index in [4.69, 9.17) is 14.5 Å². The number of anilines is 2. The van der Waals surface area contributed by atoms with E-state index >= 15 is 0 Å². The summed E-state index contributed by atoms with van der Waals surface area (Å²) in [6.45, 7) is 9.44. The number of aryl methyl sites for hydroxylation is 2. The van der Waals surface area contributed by atoms with Gasteiger partial charge in [0.15, 0.2) is 0 Å². The van der Waals surface area contributed by atoms with E-state index in [2.05, 4.69) is 14.8 Å². The van der Waals surface area contributed by atoms with Gasteiger partial charge in [-0.1, -0.05) is 18.2 Å². The standard InChI is InChI=1S/C33H43N5O4S/c1-24-20-29(41-3)21-25(2)32(24)43(39,40)38-28(22-27-8-4-5-9-30(27)38)23-42-31-10-14-34-33(35-31)37-18-12-26(13-19-37)11-17-36-15-6-7-16-36/h4-5,8-10,14,20-21,26,28H,6-7,11-13,15-19,22-23H2,1-3H3/t28-/m0/s1. The minimum atomic E-state index is -3.88. The van der Waals surface area contributed by atoms with Gasteiger partial charge in [-0.3, -0.25) is 4.31 Å². The number of methoxy groups -OCH3 is 1. The van der Waals surface area contributed by atoms with E-state index in [-0.39, 0.29) is 6.61 Å². The first-order valence-corrected chi connectivity index (χ1v) is 17.0. The van der Waals surface area contributed by atoms with Gasteiger partial charge in [0.25, 0.3) is 10.0 Å². The van der Waals surface area contributed by atoms with Crippen molar-refractivity contribution in [2.75, 3.05) is 55.6 Å². The summed E-state index contributed by atoms with van der Waals surface area (Å²) in [4.78, 5) is 14.4. The molecule has 1 atom stereocenters. The number of rotatable bonds is 10. The SMILES string of the molecule is COc1cc(C)c(S(=O)(=O)N2c3ccccc3C[C@H]2COc2ccnc(N3CCC(CCN4CCCC4)CC3)n2)c(C)c1. The van der Waals surface area contributed by atoms with E-state index in [1.54, 1.807) is 35.8 Å². The van der Waals surface area contributed by atoms with Crippen molar-refractivity contribution in [1.29, 1.82) is 0 Å². The van der Waals surface area contributed by atoms with E-state index in [1.165, 1.54) is 38.9 Å². The number of benzene rings is 2. The Morgan fingerprint density at radius 3 is 2.42 bits per heavy atom. The minimum absolute atomic E-state index is 0.178. The van der Waals surface area contributed by atoms with E-state index in [0.29, 0.717) is 45.7 Å². The van der Waals surface area contributed by atoms with Gasteiger partial charge < -0.3 is 19.3 Å². The van der Waals surface area contributed by atoms with Gasteiger partial charge in [0.1, 0.15) is 12.4 Å². The lowest BCUT2D eigenvalue weighted by molar-refractivity contribution is 0.276. The number of fused-ring (bicyclic) bond motifs is 1. The molecule has 2 saturated heterocycles. The number of sulfonamides is 1. The number of hydrogen-bond donors (Lipinski definition) is 0. The monoisotopic (exact) mass is 605 g/mol. The predicted molar refractivity (Wildman–Crippen MR) is 169 cm³/mol. The zero-order chi connectivity index (χ0) is 30.0. The summed E-state index contributed by atoms with van der Waals surface area (Å²) in [5.74, 6) is 2.54. The molecule has 0 saturated carbocycles. The van der Waals surface area contributed by atoms with Crippen LogP contribution in [0.2, 0.25) is 0 Å². The first-order valence-electron chi connectivity index (χ1n) is 15.5. The van der Waals surface area contributed by atoms with Crippen molar-refractivity contribution in [3.8, 4) is 11.6 Å². The Hall–Kier alpha value is -3.37. The van der Waals surface area contributed by atoms with Gasteiger partial charge in [-0.05, 0) is 113 Å². The van der Waals surface area contributed by atoms with Gasteiger partial charge in [0.05, 0.1) is 23.7 Å². The van der Waals surface area contributed by atoms with Gasteiger partial charge in [0, 0.05) is 25.4 Å². The maximum Gasteiger partial charge on any atom is 0.265 e. The van der Waals surface area contributed by atoms with E-state index in [9.17, 15) is 8.42 Å². The number of piperidine rings is 1. The molecule has 43 heavy (non-hydrogen) atoms. The van der Waals surface area contributed by atoms with Crippen molar-refractivity contribution in [3.63, 3.8) is 0 Å². The fourth-order valence-electron chi connectivity index (χ4n) is 6.96. The third-order valence-corrected chi connectivity index (χ3v) is 11.4. The molecule has 0 bridgehead atoms. The molecule has 3 aliphatic rings. The lowest BCUT2D eigenvalue weighted by Gasteiger charge is -2.32. The summed E-state index contributed by atoms with van der Waals surface area (Å²) in [6.07, 6.45) is 8.57. The number of aromatic nitrogens is 2. The van der Waals surface area contributed by atoms with E-state index in [1.807, 2.05) is 38.1 Å². The summed E-state index contributed by atoms with van der Waals surface area (Å²) in [6, 6.07) is 12.6. The molecule has 9 nitrogen and oxygen atoms in total. The van der Waals surface area contributed by atoms with Gasteiger partial charge in [0.2, 0.25) is 11.8 Å². The summed E-state index contributed by atoms with van der Waals surface area (Å²) in [5.41, 5.74) is 2.99. The van der Waals surface area contributed by atoms with Crippen LogP contribution in [0, 0.1) is 19.8 Å². The second-order valence-electron chi connectivity index (χ2n) is 12.2. The maximum absolute atomic E-state index is 14.3. The van der Waals surface area contributed by atoms with Crippen molar-refractivity contribution < 1.29 is 17.9 Å². The first kappa shape index (κ1) is 29.7. The largest absolute Gasteiger partial charge is 0.497 e. The molecule has 6 rings (SSSR count). The predicted octanol–water partition coefficient (Wildman–Crippen LogP) is 5.00. The number of ether oxygens (including phenoxy) is 2. The van der Waals surface area contributed by atoms with Crippen LogP contribution in [0.5, 0.6) is 11.6 Å². The fourth-order valence-corrected chi connectivity index (χ4v) is 9.05. The molecule has 230 valence electrons. The second-order valence-corrected chi connectivity index (χ2v) is 13.9. The fraction of sp³-hybridized carbons (Fsp3) is 0.515. The molecular formula is C33H43N5O4S. The van der Waals surface area contributed by atoms with Crippen molar-refractivity contribution >= 4 is 21.7 Å². The number of nitrogens with zero attached hydrogens (tertiary/aromatic N) is 5. The van der Waals surface area contributed by atoms with Crippen LogP contribution in [0.4, 0.5) is 11.6 Å². The zero-order valence-electron chi connectivity index (χ0n) is 25.5. The topological polar surface area (TPSA) is 88.1 Å². The van der Waals surface area contributed by atoms with E-state index in [0.717, 1.165) is 37.4 Å². The van der Waals surface area contributed by atoms with Crippen LogP contribution in [0.1, 0.15) is 48.8 Å². The van der Waals surface area contributed by atoms with Gasteiger partial charge in [-0.2, -0.15) is 4.98 Å². The van der Waals surface area contributed by atoms with Crippen LogP contribution in [-0.4, -0.2) is 75.8 Å². The number of para-hydroxylation sites is 1. The van der Waals surface area contributed by atoms with Crippen molar-refractivity contribution in [2.45, 2.75) is 63.3 Å². The normalized spacial score (nSPS) is 19.6. The molecule has 0 amide bonds. The quantitative estimate of drug-likeness (QED) is 0.319. The highest BCUT2D eigenvalue weighted by Gasteiger charge is 2.40. The van der Waals surface area contributed by atoms with Crippen molar-refractivity contribution in [1.82, 2.24) is 14.9 Å². The highest BCUT2D eigenvalue weighted by molar-refractivity contribution is 7.93. The Kier molecular flexibility index (Phi) is 8.77. The molecule has 3 aliphatic heterocycles. The highest BCUT2D eigenvalue weighted by Crippen LogP contribution is 2.39. The molecule has 2 fully saturated rings. The lowest BCUT2D eigenvalue weighted by atomic mass is 9.93. The molecule has 4 heterocycles. The summed E-state index contributed by atoms with van der Waals surface area (Å²) in [7, 11) is -2.29. The molecule has 0 radical (unpaired) electrons. The van der Waals surface area contributed by atoms with Gasteiger partial charge >= 0.3 is 0 Å². The van der Waals surface area contributed by atoms with Crippen LogP contribution < -0.4 is 18.7 Å². The molecule has 2 aromatic carbocycles. The first-order chi connectivity index (χ1) is 20.8. The molecule has 0 aliphatic carbocycles. The zero-order valence-corrected chi connectivity index (χ0v) is 26.4. The Labute approximate surface area is 255 Å². The smallest absolute Gasteiger partial charge is 0.265 e. The van der Waals surface area contributed by atoms with Gasteiger partial charge in [-0.15, -0.1) is 0 Å². The van der Waals surface area contributed by atoms with Crippen molar-refractivity contribution in [2.24, 2.45) is 5.92 Å². The molecule has 0 N–H and O–H groups in total. The summed E-state index contributed by atoms with van der Waals surface area (Å²) >= 11 is 0. The molecule has 10 heteroatoms. The highest BCUT2D eigenvalue weighted by atomic mass is 32.2. The second kappa shape index (κ2) is 12.7. The number of hydrogen-bond acceptors (Lipinski definition) is 8. The molecule has 3 aromatic rings. The molecular weight excluding hydrogens is 562 g/mol. The van der Waals surface area contributed by atoms with E-state index < -0.39 is 16.1 Å².